The molecule has 1 aliphatic rings. The van der Waals surface area contributed by atoms with E-state index in [0.29, 0.717) is 5.92 Å². The molecule has 2 N–H and O–H groups in total. The van der Waals surface area contributed by atoms with Crippen molar-refractivity contribution in [1.82, 2.24) is 10.6 Å². The maximum atomic E-state index is 13.3. The smallest absolute Gasteiger partial charge is 0.316 e. The van der Waals surface area contributed by atoms with Crippen LogP contribution in [0.4, 0.5) is 9.18 Å². The highest BCUT2D eigenvalue weighted by Crippen LogP contribution is 2.41. The molecule has 2 atom stereocenters. The van der Waals surface area contributed by atoms with Crippen LogP contribution in [-0.4, -0.2) is 6.03 Å². The first-order chi connectivity index (χ1) is 13.2. The minimum Gasteiger partial charge on any atom is -0.331 e. The summed E-state index contributed by atoms with van der Waals surface area (Å²) < 4.78 is 13.3. The van der Waals surface area contributed by atoms with E-state index in [2.05, 4.69) is 22.8 Å². The summed E-state index contributed by atoms with van der Waals surface area (Å²) in [7, 11) is 0. The molecule has 0 unspecified atom stereocenters. The van der Waals surface area contributed by atoms with Gasteiger partial charge in [0, 0.05) is 4.88 Å². The molecule has 0 radical (unpaired) electrons. The standard InChI is InChI=1S/C22H21FN2OS/c23-18-12-10-17(11-13-18)21(19-7-4-14-27-19)25-22(26)24-20(16-8-9-16)15-5-2-1-3-6-15/h1-7,10-14,16,20-21H,8-9H2,(H2,24,25,26)/t20-,21+/m0/s1. The van der Waals surface area contributed by atoms with Gasteiger partial charge in [-0.05, 0) is 53.5 Å². The maximum Gasteiger partial charge on any atom is 0.316 e. The lowest BCUT2D eigenvalue weighted by atomic mass is 10.0. The number of urea groups is 1. The summed E-state index contributed by atoms with van der Waals surface area (Å²) in [5, 5.41) is 8.20. The van der Waals surface area contributed by atoms with E-state index in [1.807, 2.05) is 35.7 Å². The van der Waals surface area contributed by atoms with Crippen LogP contribution >= 0.6 is 11.3 Å². The van der Waals surface area contributed by atoms with Crippen molar-refractivity contribution in [2.24, 2.45) is 5.92 Å². The molecule has 2 aromatic carbocycles. The summed E-state index contributed by atoms with van der Waals surface area (Å²) in [5.74, 6) is 0.204. The van der Waals surface area contributed by atoms with Crippen LogP contribution < -0.4 is 10.6 Å². The van der Waals surface area contributed by atoms with Crippen molar-refractivity contribution < 1.29 is 9.18 Å². The number of carbonyl (C=O) groups is 1. The fourth-order valence-electron chi connectivity index (χ4n) is 3.31. The van der Waals surface area contributed by atoms with Gasteiger partial charge in [0.05, 0.1) is 12.1 Å². The van der Waals surface area contributed by atoms with Gasteiger partial charge in [0.1, 0.15) is 5.82 Å². The largest absolute Gasteiger partial charge is 0.331 e. The average Bonchev–Trinajstić information content (AvgIpc) is 3.39. The van der Waals surface area contributed by atoms with Crippen LogP contribution in [0.5, 0.6) is 0 Å². The second kappa shape index (κ2) is 7.92. The van der Waals surface area contributed by atoms with Gasteiger partial charge >= 0.3 is 6.03 Å². The van der Waals surface area contributed by atoms with Gasteiger partial charge in [0.25, 0.3) is 0 Å². The molecule has 5 heteroatoms. The Hall–Kier alpha value is -2.66. The molecule has 0 aliphatic heterocycles. The third-order valence-corrected chi connectivity index (χ3v) is 5.78. The van der Waals surface area contributed by atoms with E-state index in [-0.39, 0.29) is 23.9 Å². The van der Waals surface area contributed by atoms with Crippen LogP contribution in [0.2, 0.25) is 0 Å². The van der Waals surface area contributed by atoms with E-state index >= 15 is 0 Å². The van der Waals surface area contributed by atoms with Gasteiger partial charge in [0.2, 0.25) is 0 Å². The van der Waals surface area contributed by atoms with E-state index < -0.39 is 0 Å². The van der Waals surface area contributed by atoms with Gasteiger partial charge in [-0.3, -0.25) is 0 Å². The summed E-state index contributed by atoms with van der Waals surface area (Å²) >= 11 is 1.57. The second-order valence-electron chi connectivity index (χ2n) is 6.84. The Morgan fingerprint density at radius 3 is 2.30 bits per heavy atom. The fourth-order valence-corrected chi connectivity index (χ4v) is 4.11. The predicted molar refractivity (Wildman–Crippen MR) is 106 cm³/mol. The van der Waals surface area contributed by atoms with E-state index in [0.717, 1.165) is 28.8 Å². The van der Waals surface area contributed by atoms with Gasteiger partial charge in [-0.1, -0.05) is 48.5 Å². The van der Waals surface area contributed by atoms with Crippen LogP contribution in [-0.2, 0) is 0 Å². The Morgan fingerprint density at radius 2 is 1.67 bits per heavy atom. The van der Waals surface area contributed by atoms with Gasteiger partial charge in [-0.15, -0.1) is 11.3 Å². The molecule has 2 amide bonds. The molecule has 0 bridgehead atoms. The normalized spacial score (nSPS) is 15.7. The van der Waals surface area contributed by atoms with Crippen LogP contribution in [0.1, 0.15) is 40.9 Å². The number of benzene rings is 2. The van der Waals surface area contributed by atoms with E-state index in [1.54, 1.807) is 23.5 Å². The number of nitrogens with one attached hydrogen (secondary N) is 2. The topological polar surface area (TPSA) is 41.1 Å². The maximum absolute atomic E-state index is 13.3. The molecule has 1 aliphatic carbocycles. The van der Waals surface area contributed by atoms with Crippen LogP contribution in [0.25, 0.3) is 0 Å². The molecule has 27 heavy (non-hydrogen) atoms. The molecule has 1 aromatic heterocycles. The van der Waals surface area contributed by atoms with Crippen LogP contribution in [0, 0.1) is 11.7 Å². The van der Waals surface area contributed by atoms with E-state index in [4.69, 9.17) is 0 Å². The molecule has 0 saturated heterocycles. The van der Waals surface area contributed by atoms with Gasteiger partial charge in [-0.2, -0.15) is 0 Å². The van der Waals surface area contributed by atoms with Crippen molar-refractivity contribution in [2.45, 2.75) is 24.9 Å². The monoisotopic (exact) mass is 380 g/mol. The minimum atomic E-state index is -0.304. The van der Waals surface area contributed by atoms with Crippen LogP contribution in [0.3, 0.4) is 0 Å². The van der Waals surface area contributed by atoms with Crippen molar-refractivity contribution in [1.29, 1.82) is 0 Å². The van der Waals surface area contributed by atoms with Crippen molar-refractivity contribution in [3.8, 4) is 0 Å². The quantitative estimate of drug-likeness (QED) is 0.588. The zero-order valence-electron chi connectivity index (χ0n) is 14.8. The number of rotatable bonds is 6. The van der Waals surface area contributed by atoms with Gasteiger partial charge < -0.3 is 10.6 Å². The third kappa shape index (κ3) is 4.37. The Morgan fingerprint density at radius 1 is 0.926 bits per heavy atom. The predicted octanol–water partition coefficient (Wildman–Crippen LogP) is 5.43. The zero-order valence-corrected chi connectivity index (χ0v) is 15.6. The molecule has 4 rings (SSSR count). The lowest BCUT2D eigenvalue weighted by Gasteiger charge is -2.23. The molecule has 3 nitrogen and oxygen atoms in total. The molecular formula is C22H21FN2OS. The molecule has 0 spiro atoms. The Labute approximate surface area is 162 Å². The summed E-state index contributed by atoms with van der Waals surface area (Å²) in [6, 6.07) is 19.8. The number of carbonyl (C=O) groups excluding carboxylic acids is 1. The van der Waals surface area contributed by atoms with Crippen molar-refractivity contribution in [3.05, 3.63) is 93.9 Å². The fraction of sp³-hybridized carbons (Fsp3) is 0.227. The van der Waals surface area contributed by atoms with Crippen molar-refractivity contribution in [3.63, 3.8) is 0 Å². The number of halogens is 1. The number of amides is 2. The molecule has 1 heterocycles. The Bertz CT molecular complexity index is 876. The summed E-state index contributed by atoms with van der Waals surface area (Å²) in [6.07, 6.45) is 2.26. The number of thiophene rings is 1. The Kier molecular flexibility index (Phi) is 5.21. The minimum absolute atomic E-state index is 0.0170. The second-order valence-corrected chi connectivity index (χ2v) is 7.82. The molecular weight excluding hydrogens is 359 g/mol. The summed E-state index contributed by atoms with van der Waals surface area (Å²) in [4.78, 5) is 13.8. The van der Waals surface area contributed by atoms with Gasteiger partial charge in [-0.25, -0.2) is 9.18 Å². The zero-order chi connectivity index (χ0) is 18.6. The highest BCUT2D eigenvalue weighted by Gasteiger charge is 2.33. The van der Waals surface area contributed by atoms with Gasteiger partial charge in [0.15, 0.2) is 0 Å². The molecule has 138 valence electrons. The van der Waals surface area contributed by atoms with Crippen molar-refractivity contribution >= 4 is 17.4 Å². The summed E-state index contributed by atoms with van der Waals surface area (Å²) in [5.41, 5.74) is 1.99. The molecule has 1 saturated carbocycles. The number of hydrogen-bond donors (Lipinski definition) is 2. The SMILES string of the molecule is O=C(N[C@H](c1ccc(F)cc1)c1cccs1)N[C@@H](c1ccccc1)C1CC1. The molecule has 3 aromatic rings. The highest BCUT2D eigenvalue weighted by atomic mass is 32.1. The first-order valence-corrected chi connectivity index (χ1v) is 9.99. The lowest BCUT2D eigenvalue weighted by Crippen LogP contribution is -2.40. The van der Waals surface area contributed by atoms with Crippen LogP contribution in [0.15, 0.2) is 72.1 Å². The first kappa shape index (κ1) is 17.7. The number of hydrogen-bond acceptors (Lipinski definition) is 2. The highest BCUT2D eigenvalue weighted by molar-refractivity contribution is 7.10. The third-order valence-electron chi connectivity index (χ3n) is 4.85. The first-order valence-electron chi connectivity index (χ1n) is 9.11. The molecule has 1 fully saturated rings. The van der Waals surface area contributed by atoms with E-state index in [9.17, 15) is 9.18 Å². The van der Waals surface area contributed by atoms with E-state index in [1.165, 1.54) is 12.1 Å². The lowest BCUT2D eigenvalue weighted by molar-refractivity contribution is 0.233. The van der Waals surface area contributed by atoms with Crippen molar-refractivity contribution in [2.75, 3.05) is 0 Å². The summed E-state index contributed by atoms with van der Waals surface area (Å²) in [6.45, 7) is 0. The Balaban J connectivity index is 1.52. The average molecular weight is 380 g/mol.